The molecule has 0 bridgehead atoms. The minimum atomic E-state index is -0.519. The van der Waals surface area contributed by atoms with Crippen molar-refractivity contribution in [2.75, 3.05) is 19.6 Å². The molecule has 0 aliphatic heterocycles. The van der Waals surface area contributed by atoms with Crippen LogP contribution >= 0.6 is 0 Å². The highest BCUT2D eigenvalue weighted by Crippen LogP contribution is 2.19. The molecule has 128 valence electrons. The standard InChI is InChI=1S/C17H27N3O3/c1-7-14(21)18-9-17(8-2,10-19-15(22)12(3)4)11-20-16(23)13(5)6/h7H,1,3,5,8-11H2,2,4,6H3,(H,18,21)(H,19,22)(H,20,23). The summed E-state index contributed by atoms with van der Waals surface area (Å²) in [6, 6.07) is 0. The zero-order chi connectivity index (χ0) is 18.0. The fourth-order valence-corrected chi connectivity index (χ4v) is 1.75. The number of hydrogen-bond acceptors (Lipinski definition) is 3. The maximum absolute atomic E-state index is 11.7. The lowest BCUT2D eigenvalue weighted by Gasteiger charge is -2.33. The molecule has 0 aromatic heterocycles. The van der Waals surface area contributed by atoms with Crippen molar-refractivity contribution in [3.63, 3.8) is 0 Å². The Morgan fingerprint density at radius 2 is 1.30 bits per heavy atom. The van der Waals surface area contributed by atoms with Crippen LogP contribution in [0.3, 0.4) is 0 Å². The minimum absolute atomic E-state index is 0.260. The summed E-state index contributed by atoms with van der Waals surface area (Å²) < 4.78 is 0. The van der Waals surface area contributed by atoms with Crippen molar-refractivity contribution in [3.05, 3.63) is 37.0 Å². The van der Waals surface area contributed by atoms with E-state index in [1.807, 2.05) is 6.92 Å². The van der Waals surface area contributed by atoms with E-state index in [0.717, 1.165) is 0 Å². The van der Waals surface area contributed by atoms with Gasteiger partial charge in [-0.1, -0.05) is 26.7 Å². The number of carbonyl (C=O) groups excluding carboxylic acids is 3. The SMILES string of the molecule is C=CC(=O)NCC(CC)(CNC(=O)C(=C)C)CNC(=O)C(=C)C. The molecule has 0 spiro atoms. The normalized spacial score (nSPS) is 10.4. The molecule has 0 fully saturated rings. The molecule has 23 heavy (non-hydrogen) atoms. The molecule has 0 radical (unpaired) electrons. The summed E-state index contributed by atoms with van der Waals surface area (Å²) >= 11 is 0. The van der Waals surface area contributed by atoms with Gasteiger partial charge in [-0.2, -0.15) is 0 Å². The summed E-state index contributed by atoms with van der Waals surface area (Å²) in [5, 5.41) is 8.28. The molecule has 0 aliphatic rings. The molecule has 3 N–H and O–H groups in total. The van der Waals surface area contributed by atoms with E-state index in [4.69, 9.17) is 0 Å². The Bertz CT molecular complexity index is 479. The first kappa shape index (κ1) is 20.6. The van der Waals surface area contributed by atoms with E-state index in [9.17, 15) is 14.4 Å². The Balaban J connectivity index is 5.03. The van der Waals surface area contributed by atoms with E-state index >= 15 is 0 Å². The van der Waals surface area contributed by atoms with E-state index in [1.165, 1.54) is 6.08 Å². The fourth-order valence-electron chi connectivity index (χ4n) is 1.75. The Hall–Kier alpha value is -2.37. The molecule has 0 saturated heterocycles. The minimum Gasteiger partial charge on any atom is -0.352 e. The summed E-state index contributed by atoms with van der Waals surface area (Å²) in [5.41, 5.74) is 0.279. The largest absolute Gasteiger partial charge is 0.352 e. The summed E-state index contributed by atoms with van der Waals surface area (Å²) in [6.45, 7) is 16.6. The molecule has 0 rings (SSSR count). The number of rotatable bonds is 10. The molecular weight excluding hydrogens is 294 g/mol. The second kappa shape index (κ2) is 9.61. The lowest BCUT2D eigenvalue weighted by Crippen LogP contribution is -2.51. The van der Waals surface area contributed by atoms with Crippen LogP contribution in [0.2, 0.25) is 0 Å². The molecular formula is C17H27N3O3. The van der Waals surface area contributed by atoms with Gasteiger partial charge in [-0.25, -0.2) is 0 Å². The first-order valence-electron chi connectivity index (χ1n) is 7.45. The third-order valence-electron chi connectivity index (χ3n) is 3.60. The van der Waals surface area contributed by atoms with Gasteiger partial charge in [0.05, 0.1) is 0 Å². The highest BCUT2D eigenvalue weighted by molar-refractivity contribution is 5.92. The zero-order valence-electron chi connectivity index (χ0n) is 14.3. The highest BCUT2D eigenvalue weighted by Gasteiger charge is 2.30. The number of hydrogen-bond donors (Lipinski definition) is 3. The van der Waals surface area contributed by atoms with Gasteiger partial charge in [0.2, 0.25) is 17.7 Å². The van der Waals surface area contributed by atoms with Crippen molar-refractivity contribution < 1.29 is 14.4 Å². The van der Waals surface area contributed by atoms with Crippen LogP contribution in [0.25, 0.3) is 0 Å². The smallest absolute Gasteiger partial charge is 0.246 e. The molecule has 6 nitrogen and oxygen atoms in total. The van der Waals surface area contributed by atoms with Crippen LogP contribution in [0.1, 0.15) is 27.2 Å². The number of nitrogens with one attached hydrogen (secondary N) is 3. The average Bonchev–Trinajstić information content (AvgIpc) is 2.53. The van der Waals surface area contributed by atoms with Crippen molar-refractivity contribution >= 4 is 17.7 Å². The predicted octanol–water partition coefficient (Wildman–Crippen LogP) is 1.07. The lowest BCUT2D eigenvalue weighted by molar-refractivity contribution is -0.118. The quantitative estimate of drug-likeness (QED) is 0.526. The van der Waals surface area contributed by atoms with Crippen LogP contribution in [0.15, 0.2) is 37.0 Å². The fraction of sp³-hybridized carbons (Fsp3) is 0.471. The predicted molar refractivity (Wildman–Crippen MR) is 91.6 cm³/mol. The molecule has 0 heterocycles. The lowest BCUT2D eigenvalue weighted by atomic mass is 9.84. The maximum Gasteiger partial charge on any atom is 0.246 e. The van der Waals surface area contributed by atoms with E-state index < -0.39 is 5.41 Å². The number of amides is 3. The monoisotopic (exact) mass is 321 g/mol. The molecule has 6 heteroatoms. The molecule has 0 unspecified atom stereocenters. The molecule has 0 atom stereocenters. The Kier molecular flexibility index (Phi) is 8.62. The Morgan fingerprint density at radius 3 is 1.61 bits per heavy atom. The van der Waals surface area contributed by atoms with Crippen LogP contribution in [-0.2, 0) is 14.4 Å². The van der Waals surface area contributed by atoms with Gasteiger partial charge in [-0.15, -0.1) is 0 Å². The van der Waals surface area contributed by atoms with Crippen LogP contribution in [-0.4, -0.2) is 37.4 Å². The van der Waals surface area contributed by atoms with Gasteiger partial charge in [0, 0.05) is 36.2 Å². The van der Waals surface area contributed by atoms with Crippen LogP contribution in [0, 0.1) is 5.41 Å². The van der Waals surface area contributed by atoms with Gasteiger partial charge in [0.25, 0.3) is 0 Å². The van der Waals surface area contributed by atoms with Crippen LogP contribution < -0.4 is 16.0 Å². The van der Waals surface area contributed by atoms with Gasteiger partial charge < -0.3 is 16.0 Å². The van der Waals surface area contributed by atoms with Crippen LogP contribution in [0.5, 0.6) is 0 Å². The van der Waals surface area contributed by atoms with Crippen LogP contribution in [0.4, 0.5) is 0 Å². The summed E-state index contributed by atoms with van der Waals surface area (Å²) in [5.74, 6) is -0.825. The van der Waals surface area contributed by atoms with Gasteiger partial charge in [0.1, 0.15) is 0 Å². The van der Waals surface area contributed by atoms with E-state index in [0.29, 0.717) is 37.2 Å². The van der Waals surface area contributed by atoms with Crippen molar-refractivity contribution in [2.24, 2.45) is 5.41 Å². The first-order chi connectivity index (χ1) is 10.7. The third kappa shape index (κ3) is 7.44. The average molecular weight is 321 g/mol. The third-order valence-corrected chi connectivity index (χ3v) is 3.60. The summed E-state index contributed by atoms with van der Waals surface area (Å²) in [7, 11) is 0. The Morgan fingerprint density at radius 1 is 0.913 bits per heavy atom. The molecule has 0 aromatic carbocycles. The Labute approximate surface area is 138 Å². The zero-order valence-corrected chi connectivity index (χ0v) is 14.3. The molecule has 0 aliphatic carbocycles. The molecule has 0 aromatic rings. The topological polar surface area (TPSA) is 87.3 Å². The van der Waals surface area contributed by atoms with E-state index in [2.05, 4.69) is 35.7 Å². The maximum atomic E-state index is 11.7. The molecule has 3 amide bonds. The first-order valence-corrected chi connectivity index (χ1v) is 7.45. The van der Waals surface area contributed by atoms with Gasteiger partial charge in [-0.05, 0) is 26.3 Å². The van der Waals surface area contributed by atoms with Gasteiger partial charge >= 0.3 is 0 Å². The van der Waals surface area contributed by atoms with E-state index in [-0.39, 0.29) is 17.7 Å². The van der Waals surface area contributed by atoms with Crippen molar-refractivity contribution in [3.8, 4) is 0 Å². The van der Waals surface area contributed by atoms with Crippen molar-refractivity contribution in [2.45, 2.75) is 27.2 Å². The summed E-state index contributed by atoms with van der Waals surface area (Å²) in [4.78, 5) is 34.9. The highest BCUT2D eigenvalue weighted by atomic mass is 16.2. The second-order valence-corrected chi connectivity index (χ2v) is 5.70. The molecule has 0 saturated carbocycles. The van der Waals surface area contributed by atoms with Crippen molar-refractivity contribution in [1.29, 1.82) is 0 Å². The van der Waals surface area contributed by atoms with E-state index in [1.54, 1.807) is 13.8 Å². The van der Waals surface area contributed by atoms with Gasteiger partial charge in [0.15, 0.2) is 0 Å². The second-order valence-electron chi connectivity index (χ2n) is 5.70. The summed E-state index contributed by atoms with van der Waals surface area (Å²) in [6.07, 6.45) is 1.82. The van der Waals surface area contributed by atoms with Crippen molar-refractivity contribution in [1.82, 2.24) is 16.0 Å². The number of carbonyl (C=O) groups is 3. The van der Waals surface area contributed by atoms with Gasteiger partial charge in [-0.3, -0.25) is 14.4 Å².